The quantitative estimate of drug-likeness (QED) is 0.634. The van der Waals surface area contributed by atoms with Gasteiger partial charge in [0.05, 0.1) is 12.1 Å². The average molecular weight is 397 g/mol. The van der Waals surface area contributed by atoms with E-state index in [0.29, 0.717) is 10.5 Å². The highest BCUT2D eigenvalue weighted by molar-refractivity contribution is 6.23. The van der Waals surface area contributed by atoms with Crippen LogP contribution in [0.15, 0.2) is 48.5 Å². The van der Waals surface area contributed by atoms with Crippen LogP contribution in [-0.4, -0.2) is 34.7 Å². The third-order valence-corrected chi connectivity index (χ3v) is 4.63. The third kappa shape index (κ3) is 4.01. The lowest BCUT2D eigenvalue weighted by atomic mass is 10.1. The molecule has 1 aliphatic rings. The molecule has 1 atom stereocenters. The van der Waals surface area contributed by atoms with Crippen LogP contribution in [0.1, 0.15) is 35.7 Å². The molecule has 1 heterocycles. The van der Waals surface area contributed by atoms with E-state index in [1.807, 2.05) is 6.92 Å². The summed E-state index contributed by atoms with van der Waals surface area (Å²) in [5.74, 6) is -3.27. The molecule has 0 aliphatic carbocycles. The van der Waals surface area contributed by atoms with Crippen LogP contribution in [0, 0.1) is 12.7 Å². The number of aryl methyl sites for hydroxylation is 1. The zero-order valence-electron chi connectivity index (χ0n) is 16.0. The minimum absolute atomic E-state index is 0.00580. The van der Waals surface area contributed by atoms with E-state index in [1.54, 1.807) is 31.2 Å². The maximum absolute atomic E-state index is 14.1. The van der Waals surface area contributed by atoms with Crippen molar-refractivity contribution in [1.82, 2.24) is 10.4 Å². The predicted molar refractivity (Wildman–Crippen MR) is 103 cm³/mol. The van der Waals surface area contributed by atoms with Gasteiger partial charge in [-0.15, -0.1) is 0 Å². The smallest absolute Gasteiger partial charge is 0.269 e. The van der Waals surface area contributed by atoms with Gasteiger partial charge in [-0.2, -0.15) is 0 Å². The molecule has 3 rings (SSSR count). The van der Waals surface area contributed by atoms with Crippen molar-refractivity contribution in [2.75, 3.05) is 4.90 Å². The van der Waals surface area contributed by atoms with Gasteiger partial charge in [-0.1, -0.05) is 36.8 Å². The Balaban J connectivity index is 1.87. The van der Waals surface area contributed by atoms with Crippen LogP contribution in [0.25, 0.3) is 0 Å². The summed E-state index contributed by atoms with van der Waals surface area (Å²) in [4.78, 5) is 51.0. The number of carbonyl (C=O) groups excluding carboxylic acids is 4. The molecule has 1 saturated heterocycles. The SMILES string of the molecule is CCC(=O)N(NC(=O)c1ccc(C)cc1)[C@H]1CC(=O)N(c2ccccc2F)C1=O. The summed E-state index contributed by atoms with van der Waals surface area (Å²) in [5.41, 5.74) is 3.51. The molecule has 1 fully saturated rings. The van der Waals surface area contributed by atoms with Crippen LogP contribution in [0.5, 0.6) is 0 Å². The number of benzene rings is 2. The molecule has 8 heteroatoms. The van der Waals surface area contributed by atoms with Crippen molar-refractivity contribution >= 4 is 29.3 Å². The van der Waals surface area contributed by atoms with Gasteiger partial charge in [0.2, 0.25) is 11.8 Å². The van der Waals surface area contributed by atoms with E-state index < -0.39 is 35.5 Å². The molecule has 0 unspecified atom stereocenters. The Morgan fingerprint density at radius 1 is 1.14 bits per heavy atom. The van der Waals surface area contributed by atoms with E-state index in [2.05, 4.69) is 5.43 Å². The van der Waals surface area contributed by atoms with Crippen molar-refractivity contribution < 1.29 is 23.6 Å². The maximum Gasteiger partial charge on any atom is 0.269 e. The molecular weight excluding hydrogens is 377 g/mol. The lowest BCUT2D eigenvalue weighted by Gasteiger charge is -2.27. The molecule has 1 aliphatic heterocycles. The van der Waals surface area contributed by atoms with Crippen molar-refractivity contribution in [3.05, 3.63) is 65.5 Å². The topological polar surface area (TPSA) is 86.8 Å². The number of hydrazine groups is 1. The molecule has 2 aromatic rings. The van der Waals surface area contributed by atoms with Gasteiger partial charge in [-0.3, -0.25) is 24.6 Å². The number of anilines is 1. The monoisotopic (exact) mass is 397 g/mol. The van der Waals surface area contributed by atoms with Crippen LogP contribution < -0.4 is 10.3 Å². The van der Waals surface area contributed by atoms with E-state index in [9.17, 15) is 23.6 Å². The Morgan fingerprint density at radius 3 is 2.41 bits per heavy atom. The Hall–Kier alpha value is -3.55. The Labute approximate surface area is 167 Å². The number of carbonyl (C=O) groups is 4. The molecule has 1 N–H and O–H groups in total. The van der Waals surface area contributed by atoms with Crippen LogP contribution in [0.4, 0.5) is 10.1 Å². The van der Waals surface area contributed by atoms with Gasteiger partial charge in [0, 0.05) is 12.0 Å². The minimum atomic E-state index is -1.25. The van der Waals surface area contributed by atoms with E-state index >= 15 is 0 Å². The first-order chi connectivity index (χ1) is 13.8. The minimum Gasteiger partial charge on any atom is -0.274 e. The average Bonchev–Trinajstić information content (AvgIpc) is 3.00. The van der Waals surface area contributed by atoms with Crippen LogP contribution in [0.2, 0.25) is 0 Å². The number of halogens is 1. The van der Waals surface area contributed by atoms with Gasteiger partial charge in [0.25, 0.3) is 11.8 Å². The van der Waals surface area contributed by atoms with Crippen molar-refractivity contribution in [3.8, 4) is 0 Å². The molecule has 0 radical (unpaired) electrons. The number of nitrogens with zero attached hydrogens (tertiary/aromatic N) is 2. The van der Waals surface area contributed by atoms with Crippen LogP contribution >= 0.6 is 0 Å². The van der Waals surface area contributed by atoms with E-state index in [-0.39, 0.29) is 18.5 Å². The van der Waals surface area contributed by atoms with E-state index in [1.165, 1.54) is 18.2 Å². The number of rotatable bonds is 4. The molecule has 2 aromatic carbocycles. The van der Waals surface area contributed by atoms with E-state index in [0.717, 1.165) is 16.6 Å². The van der Waals surface area contributed by atoms with Gasteiger partial charge in [0.1, 0.15) is 11.9 Å². The molecule has 7 nitrogen and oxygen atoms in total. The normalized spacial score (nSPS) is 16.1. The van der Waals surface area contributed by atoms with Gasteiger partial charge < -0.3 is 0 Å². The second kappa shape index (κ2) is 8.22. The molecule has 0 aromatic heterocycles. The highest BCUT2D eigenvalue weighted by atomic mass is 19.1. The fourth-order valence-electron chi connectivity index (χ4n) is 3.07. The second-order valence-electron chi connectivity index (χ2n) is 6.66. The van der Waals surface area contributed by atoms with Gasteiger partial charge >= 0.3 is 0 Å². The van der Waals surface area contributed by atoms with Gasteiger partial charge in [0.15, 0.2) is 0 Å². The van der Waals surface area contributed by atoms with Crippen molar-refractivity contribution in [1.29, 1.82) is 0 Å². The molecular formula is C21H20FN3O4. The highest BCUT2D eigenvalue weighted by Gasteiger charge is 2.45. The van der Waals surface area contributed by atoms with Crippen molar-refractivity contribution in [2.45, 2.75) is 32.7 Å². The largest absolute Gasteiger partial charge is 0.274 e. The number of para-hydroxylation sites is 1. The number of hydrogen-bond acceptors (Lipinski definition) is 4. The third-order valence-electron chi connectivity index (χ3n) is 4.63. The van der Waals surface area contributed by atoms with Crippen LogP contribution in [-0.2, 0) is 14.4 Å². The summed E-state index contributed by atoms with van der Waals surface area (Å²) >= 11 is 0. The van der Waals surface area contributed by atoms with Crippen LogP contribution in [0.3, 0.4) is 0 Å². The molecule has 150 valence electrons. The van der Waals surface area contributed by atoms with Crippen molar-refractivity contribution in [2.24, 2.45) is 0 Å². The number of amides is 4. The Bertz CT molecular complexity index is 974. The number of nitrogens with one attached hydrogen (secondary N) is 1. The summed E-state index contributed by atoms with van der Waals surface area (Å²) in [6.07, 6.45) is -0.348. The van der Waals surface area contributed by atoms with E-state index in [4.69, 9.17) is 0 Å². The standard InChI is InChI=1S/C21H20FN3O4/c1-3-18(26)25(23-20(28)14-10-8-13(2)9-11-14)17-12-19(27)24(21(17)29)16-7-5-4-6-15(16)22/h4-11,17H,3,12H2,1-2H3,(H,23,28)/t17-/m0/s1. The summed E-state index contributed by atoms with van der Waals surface area (Å²) in [6.45, 7) is 3.44. The van der Waals surface area contributed by atoms with Crippen molar-refractivity contribution in [3.63, 3.8) is 0 Å². The van der Waals surface area contributed by atoms with Gasteiger partial charge in [-0.05, 0) is 31.2 Å². The highest BCUT2D eigenvalue weighted by Crippen LogP contribution is 2.27. The maximum atomic E-state index is 14.1. The molecule has 29 heavy (non-hydrogen) atoms. The Morgan fingerprint density at radius 2 is 1.79 bits per heavy atom. The first kappa shape index (κ1) is 20.2. The molecule has 0 bridgehead atoms. The summed E-state index contributed by atoms with van der Waals surface area (Å²) in [6, 6.07) is 10.8. The second-order valence-corrected chi connectivity index (χ2v) is 6.66. The molecule has 0 spiro atoms. The summed E-state index contributed by atoms with van der Waals surface area (Å²) in [5, 5.41) is 0.878. The summed E-state index contributed by atoms with van der Waals surface area (Å²) < 4.78 is 14.1. The number of imide groups is 1. The lowest BCUT2D eigenvalue weighted by molar-refractivity contribution is -0.140. The summed E-state index contributed by atoms with van der Waals surface area (Å²) in [7, 11) is 0. The first-order valence-electron chi connectivity index (χ1n) is 9.14. The molecule has 4 amide bonds. The Kier molecular flexibility index (Phi) is 5.72. The predicted octanol–water partition coefficient (Wildman–Crippen LogP) is 2.35. The zero-order chi connectivity index (χ0) is 21.1. The van der Waals surface area contributed by atoms with Gasteiger partial charge in [-0.25, -0.2) is 14.3 Å². The fourth-order valence-corrected chi connectivity index (χ4v) is 3.07. The fraction of sp³-hybridized carbons (Fsp3) is 0.238. The lowest BCUT2D eigenvalue weighted by Crippen LogP contribution is -2.54. The molecule has 0 saturated carbocycles. The first-order valence-corrected chi connectivity index (χ1v) is 9.14. The zero-order valence-corrected chi connectivity index (χ0v) is 16.0. The number of hydrogen-bond donors (Lipinski definition) is 1.